The maximum atomic E-state index is 13.2. The van der Waals surface area contributed by atoms with Gasteiger partial charge >= 0.3 is 5.97 Å². The Balaban J connectivity index is 1.75. The molecule has 2 aromatic heterocycles. The van der Waals surface area contributed by atoms with Crippen LogP contribution in [0.4, 0.5) is 4.39 Å². The Morgan fingerprint density at radius 3 is 2.68 bits per heavy atom. The number of carbonyl (C=O) groups is 2. The Morgan fingerprint density at radius 1 is 1.29 bits per heavy atom. The zero-order valence-electron chi connectivity index (χ0n) is 16.1. The highest BCUT2D eigenvalue weighted by molar-refractivity contribution is 7.20. The van der Waals surface area contributed by atoms with Crippen LogP contribution in [-0.4, -0.2) is 46.8 Å². The van der Waals surface area contributed by atoms with E-state index in [-0.39, 0.29) is 18.3 Å². The van der Waals surface area contributed by atoms with E-state index in [0.717, 1.165) is 28.8 Å². The van der Waals surface area contributed by atoms with Gasteiger partial charge in [0.15, 0.2) is 6.61 Å². The van der Waals surface area contributed by atoms with E-state index < -0.39 is 5.97 Å². The monoisotopic (exact) mass is 403 g/mol. The molecular formula is C20H22FN3O3S. The van der Waals surface area contributed by atoms with E-state index in [1.165, 1.54) is 23.5 Å². The topological polar surface area (TPSA) is 64.4 Å². The molecule has 0 aliphatic heterocycles. The molecule has 3 aromatic rings. The van der Waals surface area contributed by atoms with Crippen LogP contribution in [0.25, 0.3) is 15.9 Å². The van der Waals surface area contributed by atoms with Gasteiger partial charge in [-0.05, 0) is 43.7 Å². The summed E-state index contributed by atoms with van der Waals surface area (Å²) in [5.74, 6) is -1.09. The molecule has 1 amide bonds. The number of hydrogen-bond donors (Lipinski definition) is 0. The number of hydrogen-bond acceptors (Lipinski definition) is 5. The van der Waals surface area contributed by atoms with Crippen molar-refractivity contribution in [2.24, 2.45) is 0 Å². The number of thiophene rings is 1. The summed E-state index contributed by atoms with van der Waals surface area (Å²) in [4.78, 5) is 27.2. The van der Waals surface area contributed by atoms with Crippen molar-refractivity contribution in [1.29, 1.82) is 0 Å². The minimum Gasteiger partial charge on any atom is -0.451 e. The predicted octanol–water partition coefficient (Wildman–Crippen LogP) is 3.95. The number of ether oxygens (including phenoxy) is 1. The molecule has 2 heterocycles. The lowest BCUT2D eigenvalue weighted by molar-refractivity contribution is -0.133. The van der Waals surface area contributed by atoms with Crippen molar-refractivity contribution in [3.05, 3.63) is 46.7 Å². The summed E-state index contributed by atoms with van der Waals surface area (Å²) >= 11 is 1.23. The van der Waals surface area contributed by atoms with E-state index in [1.54, 1.807) is 34.8 Å². The van der Waals surface area contributed by atoms with Crippen LogP contribution in [0.3, 0.4) is 0 Å². The van der Waals surface area contributed by atoms with Crippen molar-refractivity contribution in [1.82, 2.24) is 14.7 Å². The van der Waals surface area contributed by atoms with Gasteiger partial charge in [0.25, 0.3) is 5.91 Å². The molecular weight excluding hydrogens is 381 g/mol. The molecule has 0 atom stereocenters. The average molecular weight is 403 g/mol. The molecule has 28 heavy (non-hydrogen) atoms. The molecule has 8 heteroatoms. The maximum Gasteiger partial charge on any atom is 0.348 e. The number of amides is 1. The van der Waals surface area contributed by atoms with Crippen LogP contribution in [0.1, 0.15) is 35.1 Å². The van der Waals surface area contributed by atoms with Gasteiger partial charge in [-0.15, -0.1) is 11.3 Å². The first kappa shape index (κ1) is 20.0. The van der Waals surface area contributed by atoms with E-state index >= 15 is 0 Å². The van der Waals surface area contributed by atoms with Crippen LogP contribution in [0.2, 0.25) is 0 Å². The molecule has 0 spiro atoms. The van der Waals surface area contributed by atoms with Crippen molar-refractivity contribution in [3.63, 3.8) is 0 Å². The van der Waals surface area contributed by atoms with Crippen LogP contribution in [0, 0.1) is 12.7 Å². The van der Waals surface area contributed by atoms with Gasteiger partial charge in [0, 0.05) is 19.0 Å². The average Bonchev–Trinajstić information content (AvgIpc) is 3.25. The van der Waals surface area contributed by atoms with Gasteiger partial charge in [-0.25, -0.2) is 13.9 Å². The first-order chi connectivity index (χ1) is 13.4. The third kappa shape index (κ3) is 4.22. The second kappa shape index (κ2) is 8.52. The molecule has 0 fully saturated rings. The largest absolute Gasteiger partial charge is 0.451 e. The van der Waals surface area contributed by atoms with Crippen LogP contribution >= 0.6 is 11.3 Å². The van der Waals surface area contributed by atoms with E-state index in [2.05, 4.69) is 12.0 Å². The van der Waals surface area contributed by atoms with Gasteiger partial charge in [0.05, 0.1) is 11.4 Å². The van der Waals surface area contributed by atoms with Gasteiger partial charge in [0.1, 0.15) is 15.5 Å². The molecule has 0 saturated carbocycles. The third-order valence-electron chi connectivity index (χ3n) is 4.42. The molecule has 0 aliphatic carbocycles. The molecule has 1 aromatic carbocycles. The first-order valence-corrected chi connectivity index (χ1v) is 9.88. The number of esters is 1. The molecule has 0 aliphatic rings. The molecule has 3 rings (SSSR count). The molecule has 6 nitrogen and oxygen atoms in total. The van der Waals surface area contributed by atoms with Crippen molar-refractivity contribution in [2.45, 2.75) is 26.7 Å². The van der Waals surface area contributed by atoms with E-state index in [1.807, 2.05) is 6.92 Å². The Kier molecular flexibility index (Phi) is 6.08. The Hall–Kier alpha value is -2.74. The Morgan fingerprint density at radius 2 is 2.00 bits per heavy atom. The fourth-order valence-corrected chi connectivity index (χ4v) is 3.81. The summed E-state index contributed by atoms with van der Waals surface area (Å²) in [7, 11) is 1.70. The van der Waals surface area contributed by atoms with Crippen LogP contribution in [0.5, 0.6) is 0 Å². The fourth-order valence-electron chi connectivity index (χ4n) is 2.73. The van der Waals surface area contributed by atoms with Crippen LogP contribution in [-0.2, 0) is 9.53 Å². The van der Waals surface area contributed by atoms with Gasteiger partial charge in [-0.2, -0.15) is 5.10 Å². The van der Waals surface area contributed by atoms with Crippen LogP contribution in [0.15, 0.2) is 30.3 Å². The lowest BCUT2D eigenvalue weighted by atomic mass is 10.3. The number of rotatable bonds is 7. The minimum absolute atomic E-state index is 0.225. The number of fused-ring (bicyclic) bond motifs is 1. The number of likely N-dealkylation sites (N-methyl/N-ethyl adjacent to an activating group) is 1. The van der Waals surface area contributed by atoms with E-state index in [9.17, 15) is 14.0 Å². The maximum absolute atomic E-state index is 13.2. The van der Waals surface area contributed by atoms with E-state index in [4.69, 9.17) is 4.74 Å². The third-order valence-corrected chi connectivity index (χ3v) is 5.51. The van der Waals surface area contributed by atoms with Gasteiger partial charge in [-0.3, -0.25) is 4.79 Å². The van der Waals surface area contributed by atoms with Crippen molar-refractivity contribution in [2.75, 3.05) is 20.2 Å². The highest BCUT2D eigenvalue weighted by Gasteiger charge is 2.19. The summed E-state index contributed by atoms with van der Waals surface area (Å²) in [6.07, 6.45) is 1.90. The lowest BCUT2D eigenvalue weighted by Gasteiger charge is -2.16. The van der Waals surface area contributed by atoms with Gasteiger partial charge in [-0.1, -0.05) is 13.3 Å². The highest BCUT2D eigenvalue weighted by atomic mass is 32.1. The number of unbranched alkanes of at least 4 members (excludes halogenated alkanes) is 1. The van der Waals surface area contributed by atoms with Crippen molar-refractivity contribution < 1.29 is 18.7 Å². The second-order valence-corrected chi connectivity index (χ2v) is 7.58. The number of aromatic nitrogens is 2. The molecule has 0 saturated heterocycles. The van der Waals surface area contributed by atoms with Crippen molar-refractivity contribution >= 4 is 33.4 Å². The quantitative estimate of drug-likeness (QED) is 0.561. The summed E-state index contributed by atoms with van der Waals surface area (Å²) in [5, 5.41) is 5.29. The number of aryl methyl sites for hydroxylation is 1. The second-order valence-electron chi connectivity index (χ2n) is 6.55. The fraction of sp³-hybridized carbons (Fsp3) is 0.350. The zero-order valence-corrected chi connectivity index (χ0v) is 16.9. The smallest absolute Gasteiger partial charge is 0.348 e. The number of carbonyl (C=O) groups excluding carboxylic acids is 2. The summed E-state index contributed by atoms with van der Waals surface area (Å²) < 4.78 is 20.1. The highest BCUT2D eigenvalue weighted by Crippen LogP contribution is 2.30. The Labute approximate surface area is 166 Å². The normalized spacial score (nSPS) is 11.0. The summed E-state index contributed by atoms with van der Waals surface area (Å²) in [6, 6.07) is 7.70. The summed E-state index contributed by atoms with van der Waals surface area (Å²) in [5.41, 5.74) is 1.46. The molecule has 0 unspecified atom stereocenters. The zero-order chi connectivity index (χ0) is 20.3. The number of halogens is 1. The summed E-state index contributed by atoms with van der Waals surface area (Å²) in [6.45, 7) is 4.25. The number of nitrogens with zero attached hydrogens (tertiary/aromatic N) is 3. The molecule has 0 N–H and O–H groups in total. The minimum atomic E-state index is -0.538. The molecule has 0 bridgehead atoms. The lowest BCUT2D eigenvalue weighted by Crippen LogP contribution is -2.31. The number of benzene rings is 1. The van der Waals surface area contributed by atoms with Crippen LogP contribution < -0.4 is 0 Å². The Bertz CT molecular complexity index is 994. The van der Waals surface area contributed by atoms with Gasteiger partial charge in [0.2, 0.25) is 0 Å². The SMILES string of the molecule is CCCCN(C)C(=O)COC(=O)c1cc2c(C)nn(-c3ccc(F)cc3)c2s1. The first-order valence-electron chi connectivity index (χ1n) is 9.07. The van der Waals surface area contributed by atoms with Crippen molar-refractivity contribution in [3.8, 4) is 5.69 Å². The van der Waals surface area contributed by atoms with Gasteiger partial charge < -0.3 is 9.64 Å². The van der Waals surface area contributed by atoms with E-state index in [0.29, 0.717) is 17.1 Å². The molecule has 148 valence electrons. The predicted molar refractivity (Wildman–Crippen MR) is 106 cm³/mol. The molecule has 0 radical (unpaired) electrons. The standard InChI is InChI=1S/C20H22FN3O3S/c1-4-5-10-23(3)18(25)12-27-20(26)17-11-16-13(2)22-24(19(16)28-17)15-8-6-14(21)7-9-15/h6-9,11H,4-5,10,12H2,1-3H3.